The number of benzene rings is 9. The molecular weight excluding hydrogens is 723 g/mol. The van der Waals surface area contributed by atoms with E-state index < -0.39 is 5.41 Å². The third-order valence-corrected chi connectivity index (χ3v) is 12.6. The van der Waals surface area contributed by atoms with E-state index in [4.69, 9.17) is 13.9 Å². The summed E-state index contributed by atoms with van der Waals surface area (Å²) in [6, 6.07) is 70.8. The van der Waals surface area contributed by atoms with Gasteiger partial charge < -0.3 is 18.8 Å². The van der Waals surface area contributed by atoms with E-state index in [0.717, 1.165) is 67.0 Å². The number of nitrogens with zero attached hydrogens (tertiary/aromatic N) is 1. The van der Waals surface area contributed by atoms with Crippen molar-refractivity contribution in [3.8, 4) is 56.4 Å². The first kappa shape index (κ1) is 32.3. The van der Waals surface area contributed by atoms with Gasteiger partial charge in [-0.05, 0) is 99.1 Å². The van der Waals surface area contributed by atoms with Crippen LogP contribution in [0.5, 0.6) is 23.0 Å². The number of hydrogen-bond donors (Lipinski definition) is 0. The fourth-order valence-electron chi connectivity index (χ4n) is 10.2. The fraction of sp³-hybridized carbons (Fsp3) is 0.0182. The summed E-state index contributed by atoms with van der Waals surface area (Å²) in [4.78, 5) is 2.27. The third kappa shape index (κ3) is 4.37. The molecule has 3 aliphatic rings. The summed E-state index contributed by atoms with van der Waals surface area (Å²) in [7, 11) is 0. The highest BCUT2D eigenvalue weighted by Gasteiger charge is 2.53. The Kier molecular flexibility index (Phi) is 6.62. The second-order valence-electron chi connectivity index (χ2n) is 15.5. The monoisotopic (exact) mass is 755 g/mol. The van der Waals surface area contributed by atoms with E-state index in [1.54, 1.807) is 0 Å². The van der Waals surface area contributed by atoms with Crippen LogP contribution in [0.25, 0.3) is 55.3 Å². The van der Waals surface area contributed by atoms with E-state index in [1.807, 2.05) is 24.3 Å². The van der Waals surface area contributed by atoms with E-state index in [-0.39, 0.29) is 0 Å². The van der Waals surface area contributed by atoms with Gasteiger partial charge in [0.2, 0.25) is 0 Å². The molecule has 59 heavy (non-hydrogen) atoms. The Morgan fingerprint density at radius 1 is 0.373 bits per heavy atom. The lowest BCUT2D eigenvalue weighted by atomic mass is 9.70. The van der Waals surface area contributed by atoms with Crippen LogP contribution in [-0.2, 0) is 5.41 Å². The van der Waals surface area contributed by atoms with Crippen molar-refractivity contribution in [1.82, 2.24) is 0 Å². The first-order valence-corrected chi connectivity index (χ1v) is 20.1. The average Bonchev–Trinajstić information content (AvgIpc) is 3.93. The molecule has 0 amide bonds. The van der Waals surface area contributed by atoms with Crippen LogP contribution in [0.1, 0.15) is 22.3 Å². The second-order valence-corrected chi connectivity index (χ2v) is 15.5. The molecule has 4 nitrogen and oxygen atoms in total. The molecule has 1 aromatic heterocycles. The first-order chi connectivity index (χ1) is 29.3. The molecule has 276 valence electrons. The number of furan rings is 1. The van der Waals surface area contributed by atoms with Crippen LogP contribution < -0.4 is 14.4 Å². The van der Waals surface area contributed by atoms with Gasteiger partial charge >= 0.3 is 0 Å². The number of anilines is 3. The highest BCUT2D eigenvalue weighted by molar-refractivity contribution is 6.06. The summed E-state index contributed by atoms with van der Waals surface area (Å²) in [6.07, 6.45) is 0. The lowest BCUT2D eigenvalue weighted by molar-refractivity contribution is 0.361. The smallest absolute Gasteiger partial charge is 0.194 e. The SMILES string of the molecule is c1ccc(N(c2ccccc2-c2ccc3c(c2)oc2ccccc23)c2cccc3c2Oc2ccc4c(c2O3)-c2ccccc2C42c3ccccc3-c3ccccc32)cc1. The van der Waals surface area contributed by atoms with Gasteiger partial charge in [0.15, 0.2) is 23.0 Å². The van der Waals surface area contributed by atoms with Gasteiger partial charge in [-0.25, -0.2) is 0 Å². The van der Waals surface area contributed by atoms with Crippen molar-refractivity contribution in [1.29, 1.82) is 0 Å². The van der Waals surface area contributed by atoms with Crippen molar-refractivity contribution in [2.75, 3.05) is 4.90 Å². The molecule has 2 heterocycles. The zero-order valence-corrected chi connectivity index (χ0v) is 31.7. The zero-order chi connectivity index (χ0) is 38.7. The molecule has 1 spiro atoms. The van der Waals surface area contributed by atoms with Crippen LogP contribution in [-0.4, -0.2) is 0 Å². The number of fused-ring (bicyclic) bond motifs is 16. The van der Waals surface area contributed by atoms with Crippen LogP contribution in [0.4, 0.5) is 17.1 Å². The van der Waals surface area contributed by atoms with E-state index in [0.29, 0.717) is 17.2 Å². The van der Waals surface area contributed by atoms with Gasteiger partial charge in [0, 0.05) is 27.6 Å². The van der Waals surface area contributed by atoms with Crippen LogP contribution in [0.15, 0.2) is 205 Å². The van der Waals surface area contributed by atoms with Crippen LogP contribution in [0.2, 0.25) is 0 Å². The van der Waals surface area contributed by atoms with Gasteiger partial charge in [-0.1, -0.05) is 146 Å². The fourth-order valence-corrected chi connectivity index (χ4v) is 10.2. The highest BCUT2D eigenvalue weighted by Crippen LogP contribution is 2.67. The second kappa shape index (κ2) is 12.1. The molecule has 0 fully saturated rings. The predicted octanol–water partition coefficient (Wildman–Crippen LogP) is 15.0. The third-order valence-electron chi connectivity index (χ3n) is 12.6. The Labute approximate surface area is 340 Å². The lowest BCUT2D eigenvalue weighted by Crippen LogP contribution is -2.25. The van der Waals surface area contributed by atoms with Crippen molar-refractivity contribution in [2.45, 2.75) is 5.41 Å². The van der Waals surface area contributed by atoms with E-state index in [1.165, 1.54) is 33.4 Å². The highest BCUT2D eigenvalue weighted by atomic mass is 16.6. The van der Waals surface area contributed by atoms with Gasteiger partial charge in [0.25, 0.3) is 0 Å². The number of ether oxygens (including phenoxy) is 2. The van der Waals surface area contributed by atoms with E-state index in [9.17, 15) is 0 Å². The minimum atomic E-state index is -0.473. The summed E-state index contributed by atoms with van der Waals surface area (Å²) in [5, 5.41) is 2.22. The van der Waals surface area contributed by atoms with Gasteiger partial charge in [-0.15, -0.1) is 0 Å². The lowest BCUT2D eigenvalue weighted by Gasteiger charge is -2.33. The van der Waals surface area contributed by atoms with Crippen molar-refractivity contribution in [3.05, 3.63) is 222 Å². The maximum Gasteiger partial charge on any atom is 0.194 e. The minimum absolute atomic E-state index is 0.473. The summed E-state index contributed by atoms with van der Waals surface area (Å²) < 4.78 is 20.6. The maximum atomic E-state index is 7.15. The predicted molar refractivity (Wildman–Crippen MR) is 237 cm³/mol. The average molecular weight is 756 g/mol. The molecule has 13 rings (SSSR count). The Morgan fingerprint density at radius 3 is 1.76 bits per heavy atom. The minimum Gasteiger partial charge on any atom is -0.456 e. The molecule has 10 aromatic rings. The molecule has 0 N–H and O–H groups in total. The maximum absolute atomic E-state index is 7.15. The van der Waals surface area contributed by atoms with Gasteiger partial charge in [0.05, 0.1) is 16.8 Å². The quantitative estimate of drug-likeness (QED) is 0.179. The zero-order valence-electron chi connectivity index (χ0n) is 31.7. The topological polar surface area (TPSA) is 34.8 Å². The standard InChI is InChI=1S/C55H33NO3/c1-2-15-35(16-3-1)56(46-25-12-7-17-36(46)34-29-30-40-39-20-8-13-27-48(39)57-51(40)33-34)47-26-14-28-49-53(47)58-50-32-31-45-52(54(50)59-49)41-21-6-11-24-44(41)55(45)42-22-9-4-18-37(42)38-19-5-10-23-43(38)55/h1-33H. The first-order valence-electron chi connectivity index (χ1n) is 20.1. The molecule has 0 saturated carbocycles. The Balaban J connectivity index is 0.980. The molecule has 0 radical (unpaired) electrons. The summed E-state index contributed by atoms with van der Waals surface area (Å²) >= 11 is 0. The van der Waals surface area contributed by atoms with Crippen molar-refractivity contribution >= 4 is 39.0 Å². The molecule has 0 atom stereocenters. The molecule has 1 aliphatic heterocycles. The van der Waals surface area contributed by atoms with Gasteiger partial charge in [0.1, 0.15) is 11.2 Å². The van der Waals surface area contributed by atoms with Crippen LogP contribution in [0.3, 0.4) is 0 Å². The van der Waals surface area contributed by atoms with Crippen molar-refractivity contribution in [3.63, 3.8) is 0 Å². The normalized spacial score (nSPS) is 13.5. The van der Waals surface area contributed by atoms with E-state index in [2.05, 4.69) is 181 Å². The molecule has 4 heteroatoms. The van der Waals surface area contributed by atoms with E-state index >= 15 is 0 Å². The van der Waals surface area contributed by atoms with Gasteiger partial charge in [-0.3, -0.25) is 0 Å². The molecule has 0 bridgehead atoms. The Hall–Kier alpha value is -7.82. The van der Waals surface area contributed by atoms with Crippen LogP contribution >= 0.6 is 0 Å². The molecule has 0 unspecified atom stereocenters. The van der Waals surface area contributed by atoms with Gasteiger partial charge in [-0.2, -0.15) is 0 Å². The van der Waals surface area contributed by atoms with Crippen molar-refractivity contribution in [2.24, 2.45) is 0 Å². The largest absolute Gasteiger partial charge is 0.456 e. The Morgan fingerprint density at radius 2 is 0.966 bits per heavy atom. The molecule has 0 saturated heterocycles. The van der Waals surface area contributed by atoms with Crippen molar-refractivity contribution < 1.29 is 13.9 Å². The molecule has 2 aliphatic carbocycles. The summed E-state index contributed by atoms with van der Waals surface area (Å²) in [6.45, 7) is 0. The molecule has 9 aromatic carbocycles. The summed E-state index contributed by atoms with van der Waals surface area (Å²) in [5.41, 5.74) is 16.1. The Bertz CT molecular complexity index is 3320. The number of hydrogen-bond acceptors (Lipinski definition) is 4. The number of para-hydroxylation sites is 4. The molecular formula is C55H33NO3. The van der Waals surface area contributed by atoms with Crippen LogP contribution in [0, 0.1) is 0 Å². The summed E-state index contributed by atoms with van der Waals surface area (Å²) in [5.74, 6) is 2.75. The number of rotatable bonds is 4.